The molecule has 10 heteroatoms. The molecular formula is C46H51ClN4O5. The van der Waals surface area contributed by atoms with E-state index in [9.17, 15) is 20.7 Å². The first-order valence-electron chi connectivity index (χ1n) is 20.0. The van der Waals surface area contributed by atoms with Crippen molar-refractivity contribution in [3.63, 3.8) is 0 Å². The fourth-order valence-electron chi connectivity index (χ4n) is 8.41. The van der Waals surface area contributed by atoms with Crippen LogP contribution in [0.15, 0.2) is 66.7 Å². The molecule has 7 rings (SSSR count). The van der Waals surface area contributed by atoms with Crippen LogP contribution in [0, 0.1) is 29.6 Å². The number of aliphatic hydroxyl groups excluding tert-OH is 2. The summed E-state index contributed by atoms with van der Waals surface area (Å²) in [6.45, 7) is 6.22. The van der Waals surface area contributed by atoms with E-state index >= 15 is 0 Å². The maximum absolute atomic E-state index is 10.6. The molecule has 1 aliphatic heterocycles. The summed E-state index contributed by atoms with van der Waals surface area (Å²) in [5.74, 6) is 1.99. The van der Waals surface area contributed by atoms with E-state index in [1.165, 1.54) is 11.1 Å². The summed E-state index contributed by atoms with van der Waals surface area (Å²) in [6.07, 6.45) is 7.28. The van der Waals surface area contributed by atoms with E-state index in [-0.39, 0.29) is 24.9 Å². The largest absolute Gasteiger partial charge is 0.493 e. The summed E-state index contributed by atoms with van der Waals surface area (Å²) in [7, 11) is 0. The Morgan fingerprint density at radius 3 is 2.36 bits per heavy atom. The van der Waals surface area contributed by atoms with E-state index in [0.717, 1.165) is 105 Å². The van der Waals surface area contributed by atoms with Crippen LogP contribution in [0.25, 0.3) is 11.1 Å². The van der Waals surface area contributed by atoms with Crippen LogP contribution >= 0.6 is 11.6 Å². The minimum atomic E-state index is -0.401. The van der Waals surface area contributed by atoms with Gasteiger partial charge < -0.3 is 34.6 Å². The number of hydrogen-bond acceptors (Lipinski definition) is 9. The Hall–Kier alpha value is -4.61. The molecule has 3 atom stereocenters. The lowest BCUT2D eigenvalue weighted by molar-refractivity contribution is 0.0800. The molecule has 2 aliphatic carbocycles. The van der Waals surface area contributed by atoms with Gasteiger partial charge in [-0.3, -0.25) is 0 Å². The van der Waals surface area contributed by atoms with Crippen molar-refractivity contribution in [3.05, 3.63) is 111 Å². The zero-order valence-corrected chi connectivity index (χ0v) is 32.9. The monoisotopic (exact) mass is 774 g/mol. The van der Waals surface area contributed by atoms with Crippen molar-refractivity contribution in [2.24, 2.45) is 0 Å². The maximum atomic E-state index is 10.6. The molecule has 1 heterocycles. The SMILES string of the molecule is Cc1c(OCCCN2CCC(O)CC2)cccc1-c1cccc2c1CC[C@@H]2Oc1cc(OCc2cc(C#N)cc(C#N)c2)c(CN[C@@H]2CCCC[C@@H]2O)cc1Cl. The summed E-state index contributed by atoms with van der Waals surface area (Å²) in [6, 6.07) is 25.7. The number of ether oxygens (including phenoxy) is 3. The number of rotatable bonds is 14. The zero-order chi connectivity index (χ0) is 39.0. The molecule has 0 aromatic heterocycles. The van der Waals surface area contributed by atoms with Gasteiger partial charge in [-0.05, 0) is 116 Å². The first kappa shape index (κ1) is 39.6. The highest BCUT2D eigenvalue weighted by atomic mass is 35.5. The molecule has 1 saturated carbocycles. The fraction of sp³-hybridized carbons (Fsp3) is 0.435. The van der Waals surface area contributed by atoms with Crippen LogP contribution in [-0.4, -0.2) is 59.6 Å². The second-order valence-electron chi connectivity index (χ2n) is 15.4. The van der Waals surface area contributed by atoms with Gasteiger partial charge in [-0.25, -0.2) is 0 Å². The molecule has 0 radical (unpaired) electrons. The summed E-state index contributed by atoms with van der Waals surface area (Å²) in [5, 5.41) is 43.4. The highest BCUT2D eigenvalue weighted by Gasteiger charge is 2.29. The van der Waals surface area contributed by atoms with E-state index in [2.05, 4.69) is 59.6 Å². The summed E-state index contributed by atoms with van der Waals surface area (Å²) >= 11 is 6.96. The van der Waals surface area contributed by atoms with Crippen molar-refractivity contribution in [1.82, 2.24) is 10.2 Å². The van der Waals surface area contributed by atoms with E-state index in [1.807, 2.05) is 18.2 Å². The van der Waals surface area contributed by atoms with Crippen LogP contribution in [0.5, 0.6) is 17.2 Å². The number of nitriles is 2. The Labute approximate surface area is 335 Å². The number of hydrogen-bond donors (Lipinski definition) is 3. The molecule has 0 amide bonds. The number of nitrogens with one attached hydrogen (secondary N) is 1. The van der Waals surface area contributed by atoms with Crippen molar-refractivity contribution in [3.8, 4) is 40.5 Å². The van der Waals surface area contributed by atoms with Crippen LogP contribution < -0.4 is 19.5 Å². The number of benzene rings is 4. The topological polar surface area (TPSA) is 131 Å². The maximum Gasteiger partial charge on any atom is 0.142 e. The Morgan fingerprint density at radius 1 is 0.839 bits per heavy atom. The van der Waals surface area contributed by atoms with Crippen molar-refractivity contribution in [2.45, 2.75) is 102 Å². The molecule has 56 heavy (non-hydrogen) atoms. The average Bonchev–Trinajstić information content (AvgIpc) is 3.63. The lowest BCUT2D eigenvalue weighted by atomic mass is 9.92. The van der Waals surface area contributed by atoms with E-state index in [0.29, 0.717) is 46.4 Å². The van der Waals surface area contributed by atoms with Gasteiger partial charge in [0.15, 0.2) is 0 Å². The second kappa shape index (κ2) is 18.6. The molecule has 0 bridgehead atoms. The van der Waals surface area contributed by atoms with Gasteiger partial charge in [-0.15, -0.1) is 0 Å². The molecule has 0 unspecified atom stereocenters. The average molecular weight is 775 g/mol. The zero-order valence-electron chi connectivity index (χ0n) is 32.1. The number of likely N-dealkylation sites (tertiary alicyclic amines) is 1. The van der Waals surface area contributed by atoms with Gasteiger partial charge in [0.1, 0.15) is 30.0 Å². The Kier molecular flexibility index (Phi) is 13.1. The molecule has 0 spiro atoms. The Balaban J connectivity index is 1.08. The molecule has 4 aromatic rings. The Morgan fingerprint density at radius 2 is 1.59 bits per heavy atom. The van der Waals surface area contributed by atoms with Gasteiger partial charge in [-0.1, -0.05) is 54.8 Å². The highest BCUT2D eigenvalue weighted by Crippen LogP contribution is 2.44. The quantitative estimate of drug-likeness (QED) is 0.108. The first-order chi connectivity index (χ1) is 27.3. The van der Waals surface area contributed by atoms with Crippen molar-refractivity contribution < 1.29 is 24.4 Å². The predicted octanol–water partition coefficient (Wildman–Crippen LogP) is 8.32. The second-order valence-corrected chi connectivity index (χ2v) is 15.8. The number of halogens is 1. The number of aliphatic hydroxyl groups is 2. The van der Waals surface area contributed by atoms with Gasteiger partial charge in [0.25, 0.3) is 0 Å². The van der Waals surface area contributed by atoms with Gasteiger partial charge in [0.05, 0.1) is 47.1 Å². The lowest BCUT2D eigenvalue weighted by Gasteiger charge is -2.29. The minimum absolute atomic E-state index is 0.0158. The molecule has 292 valence electrons. The predicted molar refractivity (Wildman–Crippen MR) is 217 cm³/mol. The summed E-state index contributed by atoms with van der Waals surface area (Å²) in [4.78, 5) is 2.41. The number of piperidine rings is 1. The highest BCUT2D eigenvalue weighted by molar-refractivity contribution is 6.32. The van der Waals surface area contributed by atoms with E-state index < -0.39 is 6.10 Å². The minimum Gasteiger partial charge on any atom is -0.493 e. The van der Waals surface area contributed by atoms with Crippen LogP contribution in [-0.2, 0) is 19.6 Å². The lowest BCUT2D eigenvalue weighted by Crippen LogP contribution is -2.41. The first-order valence-corrected chi connectivity index (χ1v) is 20.4. The number of fused-ring (bicyclic) bond motifs is 1. The third-order valence-corrected chi connectivity index (χ3v) is 11.8. The van der Waals surface area contributed by atoms with Crippen molar-refractivity contribution >= 4 is 11.6 Å². The number of nitrogens with zero attached hydrogens (tertiary/aromatic N) is 3. The van der Waals surface area contributed by atoms with Gasteiger partial charge >= 0.3 is 0 Å². The van der Waals surface area contributed by atoms with Gasteiger partial charge in [-0.2, -0.15) is 10.5 Å². The normalized spacial score (nSPS) is 19.9. The molecule has 2 fully saturated rings. The Bertz CT molecular complexity index is 2050. The van der Waals surface area contributed by atoms with Crippen LogP contribution in [0.3, 0.4) is 0 Å². The molecule has 9 nitrogen and oxygen atoms in total. The molecule has 1 saturated heterocycles. The van der Waals surface area contributed by atoms with Crippen LogP contribution in [0.2, 0.25) is 5.02 Å². The standard InChI is InChI=1S/C46H51ClN4O5/c1-30-36(7-5-12-43(30)54-20-6-17-51-18-15-35(52)16-19-51)37-8-4-9-39-38(37)13-14-44(39)56-46-25-45(55-29-33-22-31(26-48)21-32(23-33)27-49)34(24-40(46)47)28-50-41-10-2-3-11-42(41)53/h4-5,7-9,12,21-25,35,41-42,44,50,52-53H,2-3,6,10-11,13-20,28-29H2,1H3/t41-,42+,44+/m1/s1. The smallest absolute Gasteiger partial charge is 0.142 e. The fourth-order valence-corrected chi connectivity index (χ4v) is 8.65. The molecule has 3 aliphatic rings. The van der Waals surface area contributed by atoms with Crippen LogP contribution in [0.4, 0.5) is 0 Å². The third kappa shape index (κ3) is 9.49. The van der Waals surface area contributed by atoms with Gasteiger partial charge in [0.2, 0.25) is 0 Å². The molecule has 4 aromatic carbocycles. The summed E-state index contributed by atoms with van der Waals surface area (Å²) in [5.41, 5.74) is 8.17. The molecular weight excluding hydrogens is 724 g/mol. The third-order valence-electron chi connectivity index (χ3n) is 11.5. The van der Waals surface area contributed by atoms with Crippen LogP contribution in [0.1, 0.15) is 96.4 Å². The molecule has 3 N–H and O–H groups in total. The van der Waals surface area contributed by atoms with E-state index in [4.69, 9.17) is 25.8 Å². The van der Waals surface area contributed by atoms with E-state index in [1.54, 1.807) is 18.2 Å². The summed E-state index contributed by atoms with van der Waals surface area (Å²) < 4.78 is 19.5. The van der Waals surface area contributed by atoms with Crippen molar-refractivity contribution in [1.29, 1.82) is 10.5 Å². The van der Waals surface area contributed by atoms with Gasteiger partial charge in [0, 0.05) is 43.9 Å². The van der Waals surface area contributed by atoms with Crippen molar-refractivity contribution in [2.75, 3.05) is 26.2 Å².